The number of nitriles is 1. The molecule has 1 amide bonds. The number of hydrogen-bond acceptors (Lipinski definition) is 5. The second-order valence-electron chi connectivity index (χ2n) is 6.14. The van der Waals surface area contributed by atoms with E-state index in [9.17, 15) is 9.90 Å². The maximum absolute atomic E-state index is 12.0. The van der Waals surface area contributed by atoms with Crippen LogP contribution in [0.5, 0.6) is 5.88 Å². The number of amides is 1. The molecule has 0 aliphatic heterocycles. The maximum Gasteiger partial charge on any atom is 0.253 e. The number of pyridine rings is 1. The summed E-state index contributed by atoms with van der Waals surface area (Å²) in [4.78, 5) is 16.2. The van der Waals surface area contributed by atoms with Crippen LogP contribution in [-0.4, -0.2) is 31.8 Å². The summed E-state index contributed by atoms with van der Waals surface area (Å²) in [6, 6.07) is 12.5. The fourth-order valence-electron chi connectivity index (χ4n) is 2.58. The molecule has 3 aromatic rings. The lowest BCUT2D eigenvalue weighted by Gasteiger charge is -2.06. The molecular formula is C19H15N5O2. The summed E-state index contributed by atoms with van der Waals surface area (Å²) in [5, 5.41) is 26.4. The molecule has 1 aliphatic rings. The Balaban J connectivity index is 1.59. The van der Waals surface area contributed by atoms with Crippen molar-refractivity contribution in [3.63, 3.8) is 0 Å². The molecule has 0 saturated heterocycles. The third-order valence-electron chi connectivity index (χ3n) is 4.21. The Morgan fingerprint density at radius 2 is 1.96 bits per heavy atom. The molecule has 1 fully saturated rings. The average Bonchev–Trinajstić information content (AvgIpc) is 3.41. The van der Waals surface area contributed by atoms with Crippen molar-refractivity contribution in [2.24, 2.45) is 0 Å². The lowest BCUT2D eigenvalue weighted by atomic mass is 10.1. The van der Waals surface area contributed by atoms with Gasteiger partial charge < -0.3 is 10.4 Å². The van der Waals surface area contributed by atoms with E-state index in [0.717, 1.165) is 18.4 Å². The monoisotopic (exact) mass is 345 g/mol. The van der Waals surface area contributed by atoms with E-state index >= 15 is 0 Å². The SMILES string of the molecule is N#Cc1ccc(-c2cnn(-c3ccc(C(=O)NC4CC4)cn3)c2O)cc1. The summed E-state index contributed by atoms with van der Waals surface area (Å²) >= 11 is 0. The van der Waals surface area contributed by atoms with Crippen molar-refractivity contribution in [3.8, 4) is 28.9 Å². The van der Waals surface area contributed by atoms with Crippen molar-refractivity contribution < 1.29 is 9.90 Å². The molecule has 4 rings (SSSR count). The summed E-state index contributed by atoms with van der Waals surface area (Å²) in [6.07, 6.45) is 5.05. The van der Waals surface area contributed by atoms with E-state index in [0.29, 0.717) is 22.5 Å². The largest absolute Gasteiger partial charge is 0.493 e. The van der Waals surface area contributed by atoms with E-state index in [2.05, 4.69) is 21.5 Å². The van der Waals surface area contributed by atoms with Crippen molar-refractivity contribution >= 4 is 5.91 Å². The molecule has 128 valence electrons. The number of benzene rings is 1. The van der Waals surface area contributed by atoms with E-state index in [4.69, 9.17) is 5.26 Å². The van der Waals surface area contributed by atoms with E-state index < -0.39 is 0 Å². The van der Waals surface area contributed by atoms with Gasteiger partial charge >= 0.3 is 0 Å². The number of nitrogens with zero attached hydrogens (tertiary/aromatic N) is 4. The van der Waals surface area contributed by atoms with Crippen molar-refractivity contribution in [1.82, 2.24) is 20.1 Å². The van der Waals surface area contributed by atoms with E-state index in [1.807, 2.05) is 0 Å². The summed E-state index contributed by atoms with van der Waals surface area (Å²) in [6.45, 7) is 0. The van der Waals surface area contributed by atoms with Crippen molar-refractivity contribution in [2.45, 2.75) is 18.9 Å². The van der Waals surface area contributed by atoms with Crippen LogP contribution in [0.25, 0.3) is 16.9 Å². The van der Waals surface area contributed by atoms with Crippen LogP contribution in [-0.2, 0) is 0 Å². The Morgan fingerprint density at radius 1 is 1.19 bits per heavy atom. The van der Waals surface area contributed by atoms with Crippen LogP contribution >= 0.6 is 0 Å². The van der Waals surface area contributed by atoms with Crippen LogP contribution < -0.4 is 5.32 Å². The van der Waals surface area contributed by atoms with Crippen molar-refractivity contribution in [1.29, 1.82) is 5.26 Å². The first-order valence-corrected chi connectivity index (χ1v) is 8.20. The van der Waals surface area contributed by atoms with Gasteiger partial charge in [-0.15, -0.1) is 0 Å². The Morgan fingerprint density at radius 3 is 2.58 bits per heavy atom. The zero-order valence-electron chi connectivity index (χ0n) is 13.8. The van der Waals surface area contributed by atoms with Crippen LogP contribution in [0.1, 0.15) is 28.8 Å². The summed E-state index contributed by atoms with van der Waals surface area (Å²) in [5.41, 5.74) is 2.29. The van der Waals surface area contributed by atoms with Crippen molar-refractivity contribution in [3.05, 3.63) is 59.9 Å². The van der Waals surface area contributed by atoms with Crippen LogP contribution in [0.2, 0.25) is 0 Å². The van der Waals surface area contributed by atoms with Gasteiger partial charge in [0, 0.05) is 12.2 Å². The van der Waals surface area contributed by atoms with E-state index in [-0.39, 0.29) is 17.8 Å². The fourth-order valence-corrected chi connectivity index (χ4v) is 2.58. The highest BCUT2D eigenvalue weighted by Gasteiger charge is 2.24. The topological polar surface area (TPSA) is 104 Å². The molecule has 2 heterocycles. The standard InChI is InChI=1S/C19H15N5O2/c20-9-12-1-3-13(4-2-12)16-11-22-24(19(16)26)17-8-5-14(10-21-17)18(25)23-15-6-7-15/h1-5,8,10-11,15,26H,6-7H2,(H,23,25). The van der Waals surface area contributed by atoms with Gasteiger partial charge in [-0.25, -0.2) is 4.98 Å². The van der Waals surface area contributed by atoms with E-state index in [1.165, 1.54) is 17.1 Å². The quantitative estimate of drug-likeness (QED) is 0.756. The maximum atomic E-state index is 12.0. The molecule has 7 heteroatoms. The van der Waals surface area contributed by atoms with Gasteiger partial charge in [0.15, 0.2) is 5.82 Å². The van der Waals surface area contributed by atoms with Gasteiger partial charge in [-0.2, -0.15) is 15.0 Å². The van der Waals surface area contributed by atoms with Crippen molar-refractivity contribution in [2.75, 3.05) is 0 Å². The molecule has 0 spiro atoms. The third kappa shape index (κ3) is 3.00. The highest BCUT2D eigenvalue weighted by atomic mass is 16.3. The molecule has 2 N–H and O–H groups in total. The molecule has 26 heavy (non-hydrogen) atoms. The second-order valence-corrected chi connectivity index (χ2v) is 6.14. The fraction of sp³-hybridized carbons (Fsp3) is 0.158. The number of nitrogens with one attached hydrogen (secondary N) is 1. The average molecular weight is 345 g/mol. The van der Waals surface area contributed by atoms with Gasteiger partial charge in [0.25, 0.3) is 5.91 Å². The van der Waals surface area contributed by atoms with Crippen LogP contribution in [0.4, 0.5) is 0 Å². The molecule has 1 saturated carbocycles. The first kappa shape index (κ1) is 15.8. The lowest BCUT2D eigenvalue weighted by Crippen LogP contribution is -2.25. The molecular weight excluding hydrogens is 330 g/mol. The zero-order valence-corrected chi connectivity index (χ0v) is 13.8. The summed E-state index contributed by atoms with van der Waals surface area (Å²) < 4.78 is 1.30. The van der Waals surface area contributed by atoms with Gasteiger partial charge in [-0.05, 0) is 42.7 Å². The number of carbonyl (C=O) groups excluding carboxylic acids is 1. The Hall–Kier alpha value is -3.66. The molecule has 0 atom stereocenters. The predicted octanol–water partition coefficient (Wildman–Crippen LogP) is 2.40. The normalized spacial score (nSPS) is 13.2. The first-order valence-electron chi connectivity index (χ1n) is 8.20. The molecule has 2 aromatic heterocycles. The minimum atomic E-state index is -0.144. The van der Waals surface area contributed by atoms with Gasteiger partial charge in [0.2, 0.25) is 5.88 Å². The minimum absolute atomic E-state index is 0.0580. The Kier molecular flexibility index (Phi) is 3.86. The molecule has 1 aliphatic carbocycles. The summed E-state index contributed by atoms with van der Waals surface area (Å²) in [5.74, 6) is 0.206. The first-order chi connectivity index (χ1) is 12.7. The molecule has 7 nitrogen and oxygen atoms in total. The zero-order chi connectivity index (χ0) is 18.1. The Labute approximate surface area is 149 Å². The lowest BCUT2D eigenvalue weighted by molar-refractivity contribution is 0.0950. The van der Waals surface area contributed by atoms with Crippen LogP contribution in [0.3, 0.4) is 0 Å². The molecule has 0 radical (unpaired) electrons. The third-order valence-corrected chi connectivity index (χ3v) is 4.21. The van der Waals surface area contributed by atoms with Crippen LogP contribution in [0, 0.1) is 11.3 Å². The summed E-state index contributed by atoms with van der Waals surface area (Å²) in [7, 11) is 0. The molecule has 0 unspecified atom stereocenters. The Bertz CT molecular complexity index is 996. The number of aromatic hydroxyl groups is 1. The number of rotatable bonds is 4. The van der Waals surface area contributed by atoms with Gasteiger partial charge in [0.1, 0.15) is 0 Å². The van der Waals surface area contributed by atoms with Gasteiger partial charge in [-0.1, -0.05) is 12.1 Å². The highest BCUT2D eigenvalue weighted by Crippen LogP contribution is 2.30. The van der Waals surface area contributed by atoms with E-state index in [1.54, 1.807) is 36.4 Å². The molecule has 1 aromatic carbocycles. The number of hydrogen-bond donors (Lipinski definition) is 2. The number of aromatic nitrogens is 3. The van der Waals surface area contributed by atoms with Crippen LogP contribution in [0.15, 0.2) is 48.8 Å². The predicted molar refractivity (Wildman–Crippen MR) is 93.7 cm³/mol. The smallest absolute Gasteiger partial charge is 0.253 e. The second kappa shape index (κ2) is 6.33. The van der Waals surface area contributed by atoms with Gasteiger partial charge in [0.05, 0.1) is 29.0 Å². The minimum Gasteiger partial charge on any atom is -0.493 e. The number of carbonyl (C=O) groups is 1. The van der Waals surface area contributed by atoms with Gasteiger partial charge in [-0.3, -0.25) is 4.79 Å². The molecule has 0 bridgehead atoms. The highest BCUT2D eigenvalue weighted by molar-refractivity contribution is 5.94.